The van der Waals surface area contributed by atoms with E-state index in [9.17, 15) is 0 Å². The number of morpholine rings is 1. The van der Waals surface area contributed by atoms with E-state index in [0.29, 0.717) is 11.0 Å². The molecule has 1 aliphatic rings. The highest BCUT2D eigenvalue weighted by Crippen LogP contribution is 2.27. The van der Waals surface area contributed by atoms with Crippen molar-refractivity contribution >= 4 is 39.8 Å². The van der Waals surface area contributed by atoms with Gasteiger partial charge in [0.1, 0.15) is 0 Å². The Morgan fingerprint density at radius 2 is 1.94 bits per heavy atom. The van der Waals surface area contributed by atoms with Gasteiger partial charge in [-0.15, -0.1) is 0 Å². The Bertz CT molecular complexity index is 1210. The second-order valence-electron chi connectivity index (χ2n) is 7.55. The highest BCUT2D eigenvalue weighted by atomic mass is 35.5. The van der Waals surface area contributed by atoms with Crippen molar-refractivity contribution in [3.05, 3.63) is 65.9 Å². The summed E-state index contributed by atoms with van der Waals surface area (Å²) >= 11 is 6.26. The summed E-state index contributed by atoms with van der Waals surface area (Å²) < 4.78 is 7.22. The van der Waals surface area contributed by atoms with E-state index in [1.54, 1.807) is 6.20 Å². The first kappa shape index (κ1) is 20.7. The predicted octanol–water partition coefficient (Wildman–Crippen LogP) is 3.96. The van der Waals surface area contributed by atoms with Crippen molar-refractivity contribution in [2.75, 3.05) is 50.0 Å². The third-order valence-electron chi connectivity index (χ3n) is 5.39. The minimum absolute atomic E-state index is 0.594. The van der Waals surface area contributed by atoms with E-state index in [4.69, 9.17) is 16.3 Å². The van der Waals surface area contributed by atoms with E-state index in [1.165, 1.54) is 0 Å². The van der Waals surface area contributed by atoms with Gasteiger partial charge in [-0.25, -0.2) is 9.67 Å². The molecule has 0 spiro atoms. The number of nitrogens with zero attached hydrogens (tertiary/aromatic N) is 5. The number of para-hydroxylation sites is 1. The van der Waals surface area contributed by atoms with Crippen molar-refractivity contribution in [3.8, 4) is 5.82 Å². The van der Waals surface area contributed by atoms with Gasteiger partial charge in [0.05, 0.1) is 35.6 Å². The third kappa shape index (κ3) is 4.67. The Morgan fingerprint density at radius 3 is 2.81 bits per heavy atom. The Morgan fingerprint density at radius 1 is 1.06 bits per heavy atom. The first-order valence-electron chi connectivity index (χ1n) is 10.6. The Kier molecular flexibility index (Phi) is 6.15. The van der Waals surface area contributed by atoms with E-state index in [1.807, 2.05) is 59.4 Å². The molecule has 0 saturated carbocycles. The van der Waals surface area contributed by atoms with Crippen LogP contribution in [0.2, 0.25) is 5.02 Å². The zero-order chi connectivity index (χ0) is 21.8. The number of fused-ring (bicyclic) bond motifs is 1. The number of anilines is 3. The highest BCUT2D eigenvalue weighted by Gasteiger charge is 2.11. The fourth-order valence-electron chi connectivity index (χ4n) is 3.71. The molecule has 9 heteroatoms. The van der Waals surface area contributed by atoms with Crippen LogP contribution in [0.1, 0.15) is 0 Å². The lowest BCUT2D eigenvalue weighted by Crippen LogP contribution is -2.39. The lowest BCUT2D eigenvalue weighted by Gasteiger charge is -2.26. The zero-order valence-corrected chi connectivity index (χ0v) is 18.3. The molecule has 0 aliphatic carbocycles. The molecular weight excluding hydrogens is 426 g/mol. The molecule has 0 unspecified atom stereocenters. The Hall–Kier alpha value is -3.20. The van der Waals surface area contributed by atoms with Gasteiger partial charge in [-0.1, -0.05) is 23.7 Å². The molecule has 0 radical (unpaired) electrons. The van der Waals surface area contributed by atoms with Crippen LogP contribution in [0.5, 0.6) is 0 Å². The maximum atomic E-state index is 6.26. The number of rotatable bonds is 7. The fraction of sp³-hybridized carbons (Fsp3) is 0.261. The van der Waals surface area contributed by atoms with Crippen molar-refractivity contribution in [1.29, 1.82) is 0 Å². The number of nitrogens with one attached hydrogen (secondary N) is 2. The quantitative estimate of drug-likeness (QED) is 0.442. The molecule has 5 rings (SSSR count). The Balaban J connectivity index is 1.30. The maximum absolute atomic E-state index is 6.26. The first-order valence-corrected chi connectivity index (χ1v) is 11.0. The van der Waals surface area contributed by atoms with Gasteiger partial charge in [-0.3, -0.25) is 4.90 Å². The monoisotopic (exact) mass is 449 g/mol. The molecule has 2 aromatic heterocycles. The van der Waals surface area contributed by atoms with Crippen molar-refractivity contribution in [2.24, 2.45) is 0 Å². The molecule has 2 aromatic carbocycles. The average molecular weight is 450 g/mol. The zero-order valence-electron chi connectivity index (χ0n) is 17.5. The molecule has 1 saturated heterocycles. The van der Waals surface area contributed by atoms with Gasteiger partial charge in [0, 0.05) is 49.5 Å². The van der Waals surface area contributed by atoms with E-state index in [-0.39, 0.29) is 0 Å². The first-order chi connectivity index (χ1) is 15.8. The lowest BCUT2D eigenvalue weighted by molar-refractivity contribution is 0.0398. The van der Waals surface area contributed by atoms with Gasteiger partial charge in [0.25, 0.3) is 0 Å². The number of ether oxygens (including phenoxy) is 1. The lowest BCUT2D eigenvalue weighted by atomic mass is 10.2. The SMILES string of the molecule is Clc1ccccc1Nc1ccc2c(cnn2-c2ccnc(NCCN3CCOCC3)n2)c1. The molecular formula is C23H24ClN7O. The summed E-state index contributed by atoms with van der Waals surface area (Å²) in [7, 11) is 0. The molecule has 8 nitrogen and oxygen atoms in total. The van der Waals surface area contributed by atoms with Crippen LogP contribution in [0.4, 0.5) is 17.3 Å². The van der Waals surface area contributed by atoms with E-state index >= 15 is 0 Å². The Labute approximate surface area is 191 Å². The third-order valence-corrected chi connectivity index (χ3v) is 5.72. The van der Waals surface area contributed by atoms with E-state index in [2.05, 4.69) is 30.6 Å². The van der Waals surface area contributed by atoms with Crippen molar-refractivity contribution in [1.82, 2.24) is 24.6 Å². The second kappa shape index (κ2) is 9.52. The minimum Gasteiger partial charge on any atom is -0.379 e. The van der Waals surface area contributed by atoms with Crippen molar-refractivity contribution in [2.45, 2.75) is 0 Å². The maximum Gasteiger partial charge on any atom is 0.224 e. The van der Waals surface area contributed by atoms with Crippen LogP contribution in [0.3, 0.4) is 0 Å². The molecule has 0 bridgehead atoms. The summed E-state index contributed by atoms with van der Waals surface area (Å²) in [5, 5.41) is 12.9. The molecule has 4 aromatic rings. The van der Waals surface area contributed by atoms with Crippen LogP contribution in [0, 0.1) is 0 Å². The molecule has 2 N–H and O–H groups in total. The van der Waals surface area contributed by atoms with Crippen LogP contribution in [-0.4, -0.2) is 64.0 Å². The molecule has 32 heavy (non-hydrogen) atoms. The van der Waals surface area contributed by atoms with Gasteiger partial charge in [0.2, 0.25) is 5.95 Å². The van der Waals surface area contributed by atoms with Gasteiger partial charge >= 0.3 is 0 Å². The summed E-state index contributed by atoms with van der Waals surface area (Å²) in [4.78, 5) is 11.4. The summed E-state index contributed by atoms with van der Waals surface area (Å²) in [6.07, 6.45) is 3.58. The van der Waals surface area contributed by atoms with E-state index in [0.717, 1.165) is 67.5 Å². The van der Waals surface area contributed by atoms with E-state index < -0.39 is 0 Å². The largest absolute Gasteiger partial charge is 0.379 e. The van der Waals surface area contributed by atoms with Crippen LogP contribution < -0.4 is 10.6 Å². The molecule has 1 aliphatic heterocycles. The van der Waals surface area contributed by atoms with Gasteiger partial charge in [-0.2, -0.15) is 10.1 Å². The molecule has 0 amide bonds. The van der Waals surface area contributed by atoms with Gasteiger partial charge in [0.15, 0.2) is 5.82 Å². The number of halogens is 1. The average Bonchev–Trinajstić information content (AvgIpc) is 3.25. The van der Waals surface area contributed by atoms with Gasteiger partial charge in [-0.05, 0) is 30.3 Å². The van der Waals surface area contributed by atoms with Gasteiger partial charge < -0.3 is 15.4 Å². The number of hydrogen-bond acceptors (Lipinski definition) is 7. The second-order valence-corrected chi connectivity index (χ2v) is 7.96. The summed E-state index contributed by atoms with van der Waals surface area (Å²) in [5.41, 5.74) is 2.77. The smallest absolute Gasteiger partial charge is 0.224 e. The van der Waals surface area contributed by atoms with Crippen molar-refractivity contribution < 1.29 is 4.74 Å². The molecule has 0 atom stereocenters. The van der Waals surface area contributed by atoms with Crippen molar-refractivity contribution in [3.63, 3.8) is 0 Å². The van der Waals surface area contributed by atoms with Crippen LogP contribution in [-0.2, 0) is 4.74 Å². The molecule has 164 valence electrons. The molecule has 1 fully saturated rings. The fourth-order valence-corrected chi connectivity index (χ4v) is 3.90. The number of benzene rings is 2. The molecule has 3 heterocycles. The summed E-state index contributed by atoms with van der Waals surface area (Å²) in [6, 6.07) is 15.6. The van der Waals surface area contributed by atoms with Crippen LogP contribution in [0.15, 0.2) is 60.9 Å². The predicted molar refractivity (Wildman–Crippen MR) is 127 cm³/mol. The highest BCUT2D eigenvalue weighted by molar-refractivity contribution is 6.33. The number of aromatic nitrogens is 4. The summed E-state index contributed by atoms with van der Waals surface area (Å²) in [6.45, 7) is 5.25. The number of hydrogen-bond donors (Lipinski definition) is 2. The summed E-state index contributed by atoms with van der Waals surface area (Å²) in [5.74, 6) is 1.31. The van der Waals surface area contributed by atoms with Crippen LogP contribution >= 0.6 is 11.6 Å². The normalized spacial score (nSPS) is 14.5. The standard InChI is InChI=1S/C23H24ClN7O/c24-19-3-1-2-4-20(19)28-18-5-6-21-17(15-18)16-27-31(21)22-7-8-25-23(29-22)26-9-10-30-11-13-32-14-12-30/h1-8,15-16,28H,9-14H2,(H,25,26,29). The van der Waals surface area contributed by atoms with Crippen LogP contribution in [0.25, 0.3) is 16.7 Å². The topological polar surface area (TPSA) is 80.1 Å². The minimum atomic E-state index is 0.594.